The van der Waals surface area contributed by atoms with E-state index in [4.69, 9.17) is 14.2 Å². The molecule has 1 aromatic carbocycles. The van der Waals surface area contributed by atoms with Gasteiger partial charge >= 0.3 is 0 Å². The predicted octanol–water partition coefficient (Wildman–Crippen LogP) is 3.45. The summed E-state index contributed by atoms with van der Waals surface area (Å²) in [6.07, 6.45) is 0. The van der Waals surface area contributed by atoms with Crippen LogP contribution in [0.5, 0.6) is 17.2 Å². The molecule has 0 spiro atoms. The van der Waals surface area contributed by atoms with Crippen molar-refractivity contribution in [3.05, 3.63) is 34.2 Å². The first kappa shape index (κ1) is 23.5. The lowest BCUT2D eigenvalue weighted by atomic mass is 10.2. The fourth-order valence-corrected chi connectivity index (χ4v) is 4.14. The van der Waals surface area contributed by atoms with Crippen molar-refractivity contribution in [1.29, 1.82) is 0 Å². The van der Waals surface area contributed by atoms with Gasteiger partial charge in [0, 0.05) is 30.1 Å². The number of thioether (sulfide) groups is 1. The van der Waals surface area contributed by atoms with E-state index in [1.54, 1.807) is 16.7 Å². The third-order valence-corrected chi connectivity index (χ3v) is 5.64. The lowest BCUT2D eigenvalue weighted by Gasteiger charge is -2.15. The van der Waals surface area contributed by atoms with Gasteiger partial charge in [-0.1, -0.05) is 25.6 Å². The molecule has 0 fully saturated rings. The number of fused-ring (bicyclic) bond motifs is 1. The van der Waals surface area contributed by atoms with Crippen molar-refractivity contribution in [2.24, 2.45) is 5.92 Å². The molecule has 9 nitrogen and oxygen atoms in total. The molecule has 1 amide bonds. The van der Waals surface area contributed by atoms with Crippen LogP contribution in [0.4, 0.5) is 5.69 Å². The number of nitrogens with one attached hydrogen (secondary N) is 2. The average Bonchev–Trinajstić information content (AvgIpc) is 3.13. The summed E-state index contributed by atoms with van der Waals surface area (Å²) in [7, 11) is 4.54. The van der Waals surface area contributed by atoms with E-state index in [-0.39, 0.29) is 23.1 Å². The fraction of sp³-hybridized carbons (Fsp3) is 0.409. The Hall–Kier alpha value is -3.14. The Balaban J connectivity index is 1.82. The molecule has 2 N–H and O–H groups in total. The molecule has 32 heavy (non-hydrogen) atoms. The van der Waals surface area contributed by atoms with Crippen LogP contribution in [0.25, 0.3) is 11.0 Å². The number of hydrogen-bond donors (Lipinski definition) is 2. The van der Waals surface area contributed by atoms with E-state index in [1.165, 1.54) is 33.1 Å². The number of carbonyl (C=O) groups is 1. The molecule has 0 radical (unpaired) electrons. The number of benzene rings is 1. The number of aryl methyl sites for hydroxylation is 1. The summed E-state index contributed by atoms with van der Waals surface area (Å²) in [5.41, 5.74) is 2.32. The first-order valence-corrected chi connectivity index (χ1v) is 11.1. The Labute approximate surface area is 190 Å². The summed E-state index contributed by atoms with van der Waals surface area (Å²) < 4.78 is 17.6. The number of anilines is 1. The van der Waals surface area contributed by atoms with Gasteiger partial charge in [0.15, 0.2) is 16.7 Å². The van der Waals surface area contributed by atoms with E-state index in [2.05, 4.69) is 15.3 Å². The van der Waals surface area contributed by atoms with Gasteiger partial charge in [-0.15, -0.1) is 0 Å². The van der Waals surface area contributed by atoms with Crippen molar-refractivity contribution in [1.82, 2.24) is 14.5 Å². The fourth-order valence-electron chi connectivity index (χ4n) is 3.33. The molecule has 0 atom stereocenters. The van der Waals surface area contributed by atoms with Crippen molar-refractivity contribution in [2.75, 3.05) is 32.4 Å². The van der Waals surface area contributed by atoms with E-state index >= 15 is 0 Å². The normalized spacial score (nSPS) is 11.1. The van der Waals surface area contributed by atoms with Crippen LogP contribution >= 0.6 is 11.8 Å². The van der Waals surface area contributed by atoms with Crippen LogP contribution in [0.1, 0.15) is 19.5 Å². The van der Waals surface area contributed by atoms with Crippen molar-refractivity contribution in [2.45, 2.75) is 32.5 Å². The highest BCUT2D eigenvalue weighted by Gasteiger charge is 2.17. The minimum Gasteiger partial charge on any atom is -0.493 e. The summed E-state index contributed by atoms with van der Waals surface area (Å²) >= 11 is 1.22. The van der Waals surface area contributed by atoms with Crippen LogP contribution in [0.15, 0.2) is 28.2 Å². The molecule has 0 unspecified atom stereocenters. The van der Waals surface area contributed by atoms with Crippen LogP contribution < -0.4 is 25.1 Å². The van der Waals surface area contributed by atoms with Crippen molar-refractivity contribution in [3.8, 4) is 17.2 Å². The number of ether oxygens (including phenoxy) is 3. The summed E-state index contributed by atoms with van der Waals surface area (Å²) in [5.74, 6) is 1.40. The quantitative estimate of drug-likeness (QED) is 0.372. The molecule has 0 saturated carbocycles. The maximum absolute atomic E-state index is 13.0. The van der Waals surface area contributed by atoms with Gasteiger partial charge in [0.05, 0.1) is 32.6 Å². The van der Waals surface area contributed by atoms with Crippen LogP contribution in [-0.2, 0) is 11.3 Å². The zero-order chi connectivity index (χ0) is 23.4. The van der Waals surface area contributed by atoms with Crippen molar-refractivity contribution < 1.29 is 19.0 Å². The Morgan fingerprint density at radius 3 is 2.38 bits per heavy atom. The van der Waals surface area contributed by atoms with Crippen LogP contribution in [0.2, 0.25) is 0 Å². The molecule has 2 heterocycles. The number of nitrogens with zero attached hydrogens (tertiary/aromatic N) is 2. The maximum atomic E-state index is 13.0. The highest BCUT2D eigenvalue weighted by atomic mass is 32.2. The molecular weight excluding hydrogens is 432 g/mol. The standard InChI is InChI=1S/C22H28N4O5S/c1-12(2)10-26-21(28)19-15(7-13(3)23-19)25-22(26)32-11-18(27)24-14-8-16(29-4)20(31-6)17(9-14)30-5/h7-9,12,23H,10-11H2,1-6H3,(H,24,27). The van der Waals surface area contributed by atoms with Gasteiger partial charge in [-0.25, -0.2) is 4.98 Å². The molecule has 172 valence electrons. The molecule has 0 bridgehead atoms. The molecule has 2 aromatic heterocycles. The minimum atomic E-state index is -0.250. The third kappa shape index (κ3) is 5.01. The van der Waals surface area contributed by atoms with Gasteiger partial charge in [0.1, 0.15) is 5.52 Å². The summed E-state index contributed by atoms with van der Waals surface area (Å²) in [6, 6.07) is 5.15. The monoisotopic (exact) mass is 460 g/mol. The van der Waals surface area contributed by atoms with Gasteiger partial charge in [0.25, 0.3) is 5.56 Å². The second kappa shape index (κ2) is 9.99. The molecule has 0 aliphatic rings. The lowest BCUT2D eigenvalue weighted by Crippen LogP contribution is -2.26. The van der Waals surface area contributed by atoms with Crippen molar-refractivity contribution >= 4 is 34.4 Å². The highest BCUT2D eigenvalue weighted by Crippen LogP contribution is 2.40. The molecule has 0 aliphatic heterocycles. The largest absolute Gasteiger partial charge is 0.493 e. The predicted molar refractivity (Wildman–Crippen MR) is 125 cm³/mol. The number of hydrogen-bond acceptors (Lipinski definition) is 7. The van der Waals surface area contributed by atoms with Gasteiger partial charge in [-0.3, -0.25) is 14.2 Å². The Kier molecular flexibility index (Phi) is 7.34. The zero-order valence-corrected chi connectivity index (χ0v) is 19.9. The third-order valence-electron chi connectivity index (χ3n) is 4.67. The Morgan fingerprint density at radius 2 is 1.81 bits per heavy atom. The zero-order valence-electron chi connectivity index (χ0n) is 19.1. The summed E-state index contributed by atoms with van der Waals surface area (Å²) in [4.78, 5) is 33.3. The first-order chi connectivity index (χ1) is 15.3. The van der Waals surface area contributed by atoms with E-state index in [0.717, 1.165) is 5.69 Å². The number of aromatic amines is 1. The van der Waals surface area contributed by atoms with Crippen LogP contribution in [0, 0.1) is 12.8 Å². The highest BCUT2D eigenvalue weighted by molar-refractivity contribution is 7.99. The number of methoxy groups -OCH3 is 3. The molecule has 0 aliphatic carbocycles. The van der Waals surface area contributed by atoms with E-state index < -0.39 is 0 Å². The first-order valence-electron chi connectivity index (χ1n) is 10.1. The molecule has 10 heteroatoms. The smallest absolute Gasteiger partial charge is 0.278 e. The van der Waals surface area contributed by atoms with Crippen LogP contribution in [0.3, 0.4) is 0 Å². The van der Waals surface area contributed by atoms with E-state index in [0.29, 0.717) is 45.7 Å². The average molecular weight is 461 g/mol. The SMILES string of the molecule is COc1cc(NC(=O)CSc2nc3cc(C)[nH]c3c(=O)n2CC(C)C)cc(OC)c1OC. The molecule has 0 saturated heterocycles. The Bertz CT molecular complexity index is 1160. The number of rotatable bonds is 9. The van der Waals surface area contributed by atoms with Gasteiger partial charge in [-0.2, -0.15) is 0 Å². The van der Waals surface area contributed by atoms with Gasteiger partial charge in [-0.05, 0) is 18.9 Å². The van der Waals surface area contributed by atoms with Gasteiger partial charge in [0.2, 0.25) is 11.7 Å². The van der Waals surface area contributed by atoms with E-state index in [1.807, 2.05) is 26.8 Å². The second-order valence-corrected chi connectivity index (χ2v) is 8.61. The molecule has 3 aromatic rings. The second-order valence-electron chi connectivity index (χ2n) is 7.67. The topological polar surface area (TPSA) is 107 Å². The number of H-pyrrole nitrogens is 1. The summed E-state index contributed by atoms with van der Waals surface area (Å²) in [5, 5.41) is 3.34. The lowest BCUT2D eigenvalue weighted by molar-refractivity contribution is -0.113. The number of aromatic nitrogens is 3. The Morgan fingerprint density at radius 1 is 1.16 bits per heavy atom. The minimum absolute atomic E-state index is 0.0795. The van der Waals surface area contributed by atoms with Crippen molar-refractivity contribution in [3.63, 3.8) is 0 Å². The van der Waals surface area contributed by atoms with Gasteiger partial charge < -0.3 is 24.5 Å². The molecular formula is C22H28N4O5S. The summed E-state index contributed by atoms with van der Waals surface area (Å²) in [6.45, 7) is 6.45. The van der Waals surface area contributed by atoms with Crippen LogP contribution in [-0.4, -0.2) is 47.5 Å². The number of carbonyl (C=O) groups excluding carboxylic acids is 1. The number of amides is 1. The molecule has 3 rings (SSSR count). The van der Waals surface area contributed by atoms with E-state index in [9.17, 15) is 9.59 Å². The maximum Gasteiger partial charge on any atom is 0.278 e.